The van der Waals surface area contributed by atoms with Crippen molar-refractivity contribution in [2.45, 2.75) is 6.92 Å². The molecule has 0 spiro atoms. The van der Waals surface area contributed by atoms with Crippen LogP contribution in [-0.4, -0.2) is 4.98 Å². The Balaban J connectivity index is 2.16. The van der Waals surface area contributed by atoms with Gasteiger partial charge in [0, 0.05) is 5.39 Å². The molecule has 0 fully saturated rings. The highest BCUT2D eigenvalue weighted by Crippen LogP contribution is 2.25. The highest BCUT2D eigenvalue weighted by molar-refractivity contribution is 5.86. The number of benzene rings is 2. The fourth-order valence-electron chi connectivity index (χ4n) is 2.24. The van der Waals surface area contributed by atoms with Crippen LogP contribution in [-0.2, 0) is 0 Å². The number of hydrogen-bond donors (Lipinski definition) is 2. The van der Waals surface area contributed by atoms with Crippen LogP contribution < -0.4 is 11.3 Å². The fraction of sp³-hybridized carbons (Fsp3) is 0.0625. The summed E-state index contributed by atoms with van der Waals surface area (Å²) in [6.07, 6.45) is 0. The molecular formula is C16H15N3. The molecule has 3 rings (SSSR count). The first kappa shape index (κ1) is 11.7. The second-order valence-corrected chi connectivity index (χ2v) is 4.57. The summed E-state index contributed by atoms with van der Waals surface area (Å²) in [5.74, 6) is 6.17. The number of nitrogens with one attached hydrogen (secondary N) is 1. The van der Waals surface area contributed by atoms with E-state index in [4.69, 9.17) is 5.84 Å². The van der Waals surface area contributed by atoms with E-state index in [9.17, 15) is 0 Å². The average molecular weight is 249 g/mol. The van der Waals surface area contributed by atoms with Crippen molar-refractivity contribution in [1.82, 2.24) is 4.98 Å². The molecule has 0 saturated carbocycles. The van der Waals surface area contributed by atoms with Crippen molar-refractivity contribution in [2.24, 2.45) is 5.84 Å². The van der Waals surface area contributed by atoms with Gasteiger partial charge in [0.1, 0.15) is 5.82 Å². The van der Waals surface area contributed by atoms with Crippen molar-refractivity contribution < 1.29 is 0 Å². The first-order valence-electron chi connectivity index (χ1n) is 6.21. The van der Waals surface area contributed by atoms with Crippen LogP contribution in [0.4, 0.5) is 5.82 Å². The number of fused-ring (bicyclic) bond motifs is 1. The van der Waals surface area contributed by atoms with E-state index in [0.717, 1.165) is 22.3 Å². The third-order valence-corrected chi connectivity index (χ3v) is 3.25. The van der Waals surface area contributed by atoms with Crippen LogP contribution in [0.3, 0.4) is 0 Å². The minimum absolute atomic E-state index is 0.722. The highest BCUT2D eigenvalue weighted by atomic mass is 15.2. The molecule has 0 atom stereocenters. The zero-order valence-electron chi connectivity index (χ0n) is 10.7. The highest BCUT2D eigenvalue weighted by Gasteiger charge is 2.04. The molecule has 2 aromatic carbocycles. The molecule has 1 heterocycles. The van der Waals surface area contributed by atoms with E-state index in [1.54, 1.807) is 0 Å². The summed E-state index contributed by atoms with van der Waals surface area (Å²) in [5, 5.41) is 1.12. The van der Waals surface area contributed by atoms with E-state index < -0.39 is 0 Å². The van der Waals surface area contributed by atoms with E-state index in [1.807, 2.05) is 31.2 Å². The van der Waals surface area contributed by atoms with Gasteiger partial charge in [-0.15, -0.1) is 0 Å². The molecule has 0 saturated heterocycles. The Morgan fingerprint density at radius 3 is 2.47 bits per heavy atom. The largest absolute Gasteiger partial charge is 0.308 e. The van der Waals surface area contributed by atoms with Gasteiger partial charge in [-0.2, -0.15) is 0 Å². The Labute approximate surface area is 112 Å². The van der Waals surface area contributed by atoms with E-state index in [1.165, 1.54) is 11.1 Å². The monoisotopic (exact) mass is 249 g/mol. The van der Waals surface area contributed by atoms with E-state index >= 15 is 0 Å². The molecule has 3 aromatic rings. The van der Waals surface area contributed by atoms with E-state index in [0.29, 0.717) is 0 Å². The smallest absolute Gasteiger partial charge is 0.143 e. The maximum atomic E-state index is 5.45. The van der Waals surface area contributed by atoms with Crippen LogP contribution in [0.15, 0.2) is 54.6 Å². The molecule has 0 bridgehead atoms. The summed E-state index contributed by atoms with van der Waals surface area (Å²) >= 11 is 0. The normalized spacial score (nSPS) is 10.6. The predicted molar refractivity (Wildman–Crippen MR) is 79.7 cm³/mol. The zero-order chi connectivity index (χ0) is 13.2. The van der Waals surface area contributed by atoms with Crippen LogP contribution in [0.25, 0.3) is 22.0 Å². The number of aryl methyl sites for hydroxylation is 1. The lowest BCUT2D eigenvalue weighted by atomic mass is 10.0. The van der Waals surface area contributed by atoms with Crippen molar-refractivity contribution in [3.05, 3.63) is 60.2 Å². The number of rotatable bonds is 2. The second-order valence-electron chi connectivity index (χ2n) is 4.57. The van der Waals surface area contributed by atoms with Crippen LogP contribution in [0, 0.1) is 6.92 Å². The average Bonchev–Trinajstić information content (AvgIpc) is 2.47. The molecule has 0 aliphatic heterocycles. The van der Waals surface area contributed by atoms with Gasteiger partial charge in [0.05, 0.1) is 5.52 Å². The molecule has 3 nitrogen and oxygen atoms in total. The van der Waals surface area contributed by atoms with Gasteiger partial charge in [-0.05, 0) is 41.8 Å². The fourth-order valence-corrected chi connectivity index (χ4v) is 2.24. The number of pyridine rings is 1. The molecule has 0 aliphatic rings. The third kappa shape index (κ3) is 2.16. The lowest BCUT2D eigenvalue weighted by Crippen LogP contribution is -2.10. The molecule has 94 valence electrons. The number of nitrogens with zero attached hydrogens (tertiary/aromatic N) is 1. The summed E-state index contributed by atoms with van der Waals surface area (Å²) in [6, 6.07) is 18.7. The van der Waals surface area contributed by atoms with Gasteiger partial charge in [-0.3, -0.25) is 0 Å². The number of nitrogen functional groups attached to an aromatic ring is 1. The summed E-state index contributed by atoms with van der Waals surface area (Å²) < 4.78 is 0. The van der Waals surface area contributed by atoms with Crippen LogP contribution in [0.1, 0.15) is 5.56 Å². The van der Waals surface area contributed by atoms with Crippen molar-refractivity contribution in [1.29, 1.82) is 0 Å². The maximum Gasteiger partial charge on any atom is 0.143 e. The molecule has 0 aliphatic carbocycles. The van der Waals surface area contributed by atoms with Gasteiger partial charge in [0.15, 0.2) is 0 Å². The number of anilines is 1. The topological polar surface area (TPSA) is 50.9 Å². The quantitative estimate of drug-likeness (QED) is 0.540. The lowest BCUT2D eigenvalue weighted by Gasteiger charge is -2.08. The molecule has 19 heavy (non-hydrogen) atoms. The zero-order valence-corrected chi connectivity index (χ0v) is 10.7. The lowest BCUT2D eigenvalue weighted by molar-refractivity contribution is 1.23. The van der Waals surface area contributed by atoms with Gasteiger partial charge in [-0.25, -0.2) is 10.8 Å². The van der Waals surface area contributed by atoms with Crippen LogP contribution in [0.2, 0.25) is 0 Å². The Kier molecular flexibility index (Phi) is 2.89. The van der Waals surface area contributed by atoms with Crippen LogP contribution in [0.5, 0.6) is 0 Å². The van der Waals surface area contributed by atoms with Gasteiger partial charge in [0.25, 0.3) is 0 Å². The molecular weight excluding hydrogens is 234 g/mol. The molecule has 0 radical (unpaired) electrons. The Bertz CT molecular complexity index is 721. The van der Waals surface area contributed by atoms with Gasteiger partial charge < -0.3 is 5.43 Å². The molecule has 1 aromatic heterocycles. The number of hydrazine groups is 1. The molecule has 0 unspecified atom stereocenters. The van der Waals surface area contributed by atoms with Gasteiger partial charge >= 0.3 is 0 Å². The first-order chi connectivity index (χ1) is 9.28. The minimum Gasteiger partial charge on any atom is -0.308 e. The number of aromatic nitrogens is 1. The molecule has 0 amide bonds. The Morgan fingerprint density at radius 1 is 0.947 bits per heavy atom. The van der Waals surface area contributed by atoms with E-state index in [2.05, 4.69) is 40.7 Å². The maximum absolute atomic E-state index is 5.45. The molecule has 3 heteroatoms. The Hall–Kier alpha value is -2.39. The van der Waals surface area contributed by atoms with Crippen LogP contribution >= 0.6 is 0 Å². The summed E-state index contributed by atoms with van der Waals surface area (Å²) in [7, 11) is 0. The first-order valence-corrected chi connectivity index (χ1v) is 6.21. The van der Waals surface area contributed by atoms with Crippen molar-refractivity contribution in [3.63, 3.8) is 0 Å². The standard InChI is InChI=1S/C16H15N3/c1-11-9-14-10-13(12-5-3-2-4-6-12)7-8-15(14)18-16(11)19-17/h2-10H,17H2,1H3,(H,18,19). The SMILES string of the molecule is Cc1cc2cc(-c3ccccc3)ccc2nc1NN. The predicted octanol–water partition coefficient (Wildman–Crippen LogP) is 3.50. The number of nitrogens with two attached hydrogens (primary N) is 1. The second kappa shape index (κ2) is 4.71. The molecule has 3 N–H and O–H groups in total. The summed E-state index contributed by atoms with van der Waals surface area (Å²) in [6.45, 7) is 2.00. The van der Waals surface area contributed by atoms with Gasteiger partial charge in [-0.1, -0.05) is 36.4 Å². The number of hydrogen-bond acceptors (Lipinski definition) is 3. The van der Waals surface area contributed by atoms with Gasteiger partial charge in [0.2, 0.25) is 0 Å². The Morgan fingerprint density at radius 2 is 1.74 bits per heavy atom. The summed E-state index contributed by atoms with van der Waals surface area (Å²) in [4.78, 5) is 4.49. The van der Waals surface area contributed by atoms with Crippen molar-refractivity contribution in [3.8, 4) is 11.1 Å². The van der Waals surface area contributed by atoms with E-state index in [-0.39, 0.29) is 0 Å². The third-order valence-electron chi connectivity index (χ3n) is 3.25. The van der Waals surface area contributed by atoms with Crippen molar-refractivity contribution in [2.75, 3.05) is 5.43 Å². The summed E-state index contributed by atoms with van der Waals surface area (Å²) in [5.41, 5.74) is 7.02. The van der Waals surface area contributed by atoms with Crippen molar-refractivity contribution >= 4 is 16.7 Å². The minimum atomic E-state index is 0.722.